The molecule has 1 atom stereocenters. The number of carbonyl (C=O) groups excluding carboxylic acids is 2. The molecule has 1 aliphatic heterocycles. The Balaban J connectivity index is 2.35. The van der Waals surface area contributed by atoms with E-state index in [1.807, 2.05) is 26.8 Å². The average Bonchev–Trinajstić information content (AvgIpc) is 2.87. The lowest BCUT2D eigenvalue weighted by Crippen LogP contribution is -2.36. The first-order valence-corrected chi connectivity index (χ1v) is 8.16. The highest BCUT2D eigenvalue weighted by molar-refractivity contribution is 8.18. The maximum absolute atomic E-state index is 12.4. The minimum atomic E-state index is -0.166. The maximum atomic E-state index is 12.4. The third kappa shape index (κ3) is 2.79. The number of hydrogen-bond donors (Lipinski definition) is 0. The van der Waals surface area contributed by atoms with Crippen LogP contribution in [0.1, 0.15) is 44.1 Å². The highest BCUT2D eigenvalue weighted by atomic mass is 32.2. The number of aromatic nitrogens is 1. The first-order chi connectivity index (χ1) is 9.90. The van der Waals surface area contributed by atoms with Crippen molar-refractivity contribution in [2.45, 2.75) is 53.6 Å². The predicted octanol–water partition coefficient (Wildman–Crippen LogP) is 3.96. The fourth-order valence-electron chi connectivity index (χ4n) is 2.64. The Kier molecular flexibility index (Phi) is 4.61. The summed E-state index contributed by atoms with van der Waals surface area (Å²) in [5.41, 5.74) is 3.32. The van der Waals surface area contributed by atoms with Gasteiger partial charge in [-0.15, -0.1) is 0 Å². The third-order valence-electron chi connectivity index (χ3n) is 4.07. The molecule has 0 aliphatic carbocycles. The monoisotopic (exact) mass is 306 g/mol. The first-order valence-electron chi connectivity index (χ1n) is 7.34. The van der Waals surface area contributed by atoms with Crippen LogP contribution in [0.2, 0.25) is 0 Å². The number of aryl methyl sites for hydroxylation is 1. The zero-order chi connectivity index (χ0) is 15.7. The fourth-order valence-corrected chi connectivity index (χ4v) is 3.56. The molecule has 1 aromatic rings. The summed E-state index contributed by atoms with van der Waals surface area (Å²) >= 11 is 1.04. The van der Waals surface area contributed by atoms with Crippen molar-refractivity contribution in [1.29, 1.82) is 0 Å². The van der Waals surface area contributed by atoms with Gasteiger partial charge in [-0.2, -0.15) is 0 Å². The second-order valence-corrected chi connectivity index (χ2v) is 6.37. The van der Waals surface area contributed by atoms with Gasteiger partial charge < -0.3 is 4.57 Å². The number of hydrogen-bond acceptors (Lipinski definition) is 3. The van der Waals surface area contributed by atoms with E-state index in [1.165, 1.54) is 10.6 Å². The lowest BCUT2D eigenvalue weighted by molar-refractivity contribution is -0.124. The van der Waals surface area contributed by atoms with Crippen LogP contribution in [0.3, 0.4) is 0 Å². The van der Waals surface area contributed by atoms with E-state index in [2.05, 4.69) is 24.5 Å². The molecule has 0 bridgehead atoms. The van der Waals surface area contributed by atoms with E-state index in [4.69, 9.17) is 0 Å². The molecule has 2 heterocycles. The summed E-state index contributed by atoms with van der Waals surface area (Å²) < 4.78 is 2.20. The van der Waals surface area contributed by atoms with E-state index < -0.39 is 0 Å². The Hall–Kier alpha value is -1.49. The molecule has 0 radical (unpaired) electrons. The lowest BCUT2D eigenvalue weighted by Gasteiger charge is -2.19. The van der Waals surface area contributed by atoms with E-state index in [9.17, 15) is 9.59 Å². The van der Waals surface area contributed by atoms with Gasteiger partial charge in [-0.1, -0.05) is 6.92 Å². The number of rotatable bonds is 4. The molecule has 2 rings (SSSR count). The molecule has 1 fully saturated rings. The molecule has 4 nitrogen and oxygen atoms in total. The largest absolute Gasteiger partial charge is 0.349 e. The van der Waals surface area contributed by atoms with Crippen LogP contribution in [-0.4, -0.2) is 26.7 Å². The summed E-state index contributed by atoms with van der Waals surface area (Å²) in [5.74, 6) is -0.166. The van der Waals surface area contributed by atoms with Gasteiger partial charge in [0.2, 0.25) is 0 Å². The first kappa shape index (κ1) is 15.9. The fraction of sp³-hybridized carbons (Fsp3) is 0.500. The van der Waals surface area contributed by atoms with Crippen LogP contribution in [0.4, 0.5) is 4.79 Å². The zero-order valence-corrected chi connectivity index (χ0v) is 14.1. The summed E-state index contributed by atoms with van der Waals surface area (Å²) in [6.07, 6.45) is 2.62. The molecule has 1 aromatic heterocycles. The highest BCUT2D eigenvalue weighted by Gasteiger charge is 2.37. The smallest absolute Gasteiger partial charge is 0.293 e. The van der Waals surface area contributed by atoms with Crippen molar-refractivity contribution in [3.8, 4) is 0 Å². The second-order valence-electron chi connectivity index (χ2n) is 5.38. The van der Waals surface area contributed by atoms with E-state index in [-0.39, 0.29) is 17.2 Å². The zero-order valence-electron chi connectivity index (χ0n) is 13.3. The molecule has 21 heavy (non-hydrogen) atoms. The van der Waals surface area contributed by atoms with Crippen molar-refractivity contribution in [3.63, 3.8) is 0 Å². The molecule has 2 amide bonds. The van der Waals surface area contributed by atoms with Crippen molar-refractivity contribution in [2.75, 3.05) is 0 Å². The molecular formula is C16H22N2O2S. The van der Waals surface area contributed by atoms with E-state index in [0.717, 1.165) is 36.0 Å². The van der Waals surface area contributed by atoms with Crippen LogP contribution in [-0.2, 0) is 11.3 Å². The molecule has 0 saturated carbocycles. The SMILES string of the molecule is CC[C@@H](C)N1C(=O)S/C(=C/c2cc(C)n(CC)c2C)C1=O. The highest BCUT2D eigenvalue weighted by Crippen LogP contribution is 2.34. The molecule has 0 unspecified atom stereocenters. The number of imide groups is 1. The molecule has 0 N–H and O–H groups in total. The minimum absolute atomic E-state index is 0.0496. The van der Waals surface area contributed by atoms with Crippen LogP contribution in [0.15, 0.2) is 11.0 Å². The normalized spacial score (nSPS) is 18.9. The topological polar surface area (TPSA) is 42.3 Å². The van der Waals surface area contributed by atoms with Crippen LogP contribution in [0, 0.1) is 13.8 Å². The van der Waals surface area contributed by atoms with Crippen molar-refractivity contribution in [3.05, 3.63) is 27.9 Å². The Morgan fingerprint density at radius 3 is 2.48 bits per heavy atom. The van der Waals surface area contributed by atoms with Crippen LogP contribution in [0.5, 0.6) is 0 Å². The molecule has 1 aliphatic rings. The summed E-state index contributed by atoms with van der Waals surface area (Å²) in [7, 11) is 0. The van der Waals surface area contributed by atoms with Gasteiger partial charge in [0.25, 0.3) is 11.1 Å². The van der Waals surface area contributed by atoms with Crippen molar-refractivity contribution < 1.29 is 9.59 Å². The van der Waals surface area contributed by atoms with Gasteiger partial charge in [-0.05, 0) is 63.6 Å². The molecular weight excluding hydrogens is 284 g/mol. The molecule has 0 aromatic carbocycles. The van der Waals surface area contributed by atoms with E-state index in [0.29, 0.717) is 4.91 Å². The van der Waals surface area contributed by atoms with Gasteiger partial charge in [0.1, 0.15) is 0 Å². The van der Waals surface area contributed by atoms with Crippen molar-refractivity contribution >= 4 is 29.0 Å². The van der Waals surface area contributed by atoms with Crippen LogP contribution < -0.4 is 0 Å². The van der Waals surface area contributed by atoms with E-state index in [1.54, 1.807) is 0 Å². The minimum Gasteiger partial charge on any atom is -0.349 e. The van der Waals surface area contributed by atoms with Gasteiger partial charge >= 0.3 is 0 Å². The van der Waals surface area contributed by atoms with Gasteiger partial charge in [0.05, 0.1) is 4.91 Å². The third-order valence-corrected chi connectivity index (χ3v) is 4.95. The van der Waals surface area contributed by atoms with Crippen molar-refractivity contribution in [1.82, 2.24) is 9.47 Å². The molecule has 5 heteroatoms. The Labute approximate surface area is 130 Å². The number of carbonyl (C=O) groups is 2. The molecule has 114 valence electrons. The average molecular weight is 306 g/mol. The molecule has 0 spiro atoms. The van der Waals surface area contributed by atoms with Crippen LogP contribution in [0.25, 0.3) is 6.08 Å². The van der Waals surface area contributed by atoms with Gasteiger partial charge in [0.15, 0.2) is 0 Å². The summed E-state index contributed by atoms with van der Waals surface area (Å²) in [6, 6.07) is 2.02. The Morgan fingerprint density at radius 1 is 1.29 bits per heavy atom. The lowest BCUT2D eigenvalue weighted by atomic mass is 10.2. The Morgan fingerprint density at radius 2 is 1.95 bits per heavy atom. The molecule has 1 saturated heterocycles. The second kappa shape index (κ2) is 6.10. The quantitative estimate of drug-likeness (QED) is 0.791. The van der Waals surface area contributed by atoms with Crippen LogP contribution >= 0.6 is 11.8 Å². The summed E-state index contributed by atoms with van der Waals surface area (Å²) in [4.78, 5) is 26.3. The predicted molar refractivity (Wildman–Crippen MR) is 87.1 cm³/mol. The number of nitrogens with zero attached hydrogens (tertiary/aromatic N) is 2. The standard InChI is InChI=1S/C16H22N2O2S/c1-6-10(3)18-15(19)14(21-16(18)20)9-13-8-11(4)17(7-2)12(13)5/h8-10H,6-7H2,1-5H3/b14-9+/t10-/m1/s1. The summed E-state index contributed by atoms with van der Waals surface area (Å²) in [6.45, 7) is 11.0. The van der Waals surface area contributed by atoms with Crippen molar-refractivity contribution in [2.24, 2.45) is 0 Å². The Bertz CT molecular complexity index is 616. The number of amides is 2. The van der Waals surface area contributed by atoms with Gasteiger partial charge in [0, 0.05) is 24.0 Å². The van der Waals surface area contributed by atoms with Gasteiger partial charge in [-0.3, -0.25) is 14.5 Å². The maximum Gasteiger partial charge on any atom is 0.293 e. The van der Waals surface area contributed by atoms with Gasteiger partial charge in [-0.25, -0.2) is 0 Å². The van der Waals surface area contributed by atoms with E-state index >= 15 is 0 Å². The summed E-state index contributed by atoms with van der Waals surface area (Å²) in [5, 5.41) is -0.162. The number of thioether (sulfide) groups is 1.